The van der Waals surface area contributed by atoms with E-state index in [1.54, 1.807) is 11.3 Å². The van der Waals surface area contributed by atoms with E-state index < -0.39 is 0 Å². The summed E-state index contributed by atoms with van der Waals surface area (Å²) >= 11 is 7.94. The van der Waals surface area contributed by atoms with Gasteiger partial charge in [-0.1, -0.05) is 11.6 Å². The molecule has 0 saturated carbocycles. The lowest BCUT2D eigenvalue weighted by atomic mass is 10.2. The van der Waals surface area contributed by atoms with Gasteiger partial charge in [-0.15, -0.1) is 11.3 Å². The first-order valence-electron chi connectivity index (χ1n) is 9.32. The highest BCUT2D eigenvalue weighted by atomic mass is 35.5. The van der Waals surface area contributed by atoms with Gasteiger partial charge in [0.1, 0.15) is 12.4 Å². The summed E-state index contributed by atoms with van der Waals surface area (Å²) in [6, 6.07) is 5.86. The Kier molecular flexibility index (Phi) is 5.57. The number of benzene rings is 1. The summed E-state index contributed by atoms with van der Waals surface area (Å²) in [6.45, 7) is 6.26. The molecule has 1 aromatic heterocycles. The van der Waals surface area contributed by atoms with Crippen LogP contribution in [0, 0.1) is 0 Å². The normalized spacial score (nSPS) is 16.9. The average molecular weight is 419 g/mol. The standard InChI is InChI=1S/C20H23ClN4O2S/c1-14(26)27-10-9-24-5-7-25(8-6-24)20-16-12-28-13-19(16)23(2)18-4-3-15(21)11-17(18)22-20/h3-4,11-13H,5-10H2,1-2H3. The molecule has 0 N–H and O–H groups in total. The van der Waals surface area contributed by atoms with Crippen molar-refractivity contribution in [3.8, 4) is 0 Å². The summed E-state index contributed by atoms with van der Waals surface area (Å²) in [4.78, 5) is 22.8. The number of amidine groups is 1. The number of rotatable bonds is 3. The molecule has 0 amide bonds. The second-order valence-electron chi connectivity index (χ2n) is 6.97. The van der Waals surface area contributed by atoms with Gasteiger partial charge in [-0.25, -0.2) is 4.99 Å². The predicted octanol–water partition coefficient (Wildman–Crippen LogP) is 3.74. The molecule has 2 aromatic rings. The number of nitrogens with zero attached hydrogens (tertiary/aromatic N) is 4. The third-order valence-electron chi connectivity index (χ3n) is 5.15. The maximum Gasteiger partial charge on any atom is 0.302 e. The number of fused-ring (bicyclic) bond motifs is 2. The molecule has 6 nitrogen and oxygen atoms in total. The molecule has 0 atom stereocenters. The molecule has 2 aliphatic heterocycles. The van der Waals surface area contributed by atoms with E-state index in [0.29, 0.717) is 11.6 Å². The van der Waals surface area contributed by atoms with Crippen LogP contribution in [-0.2, 0) is 9.53 Å². The van der Waals surface area contributed by atoms with Crippen LogP contribution < -0.4 is 4.90 Å². The highest BCUT2D eigenvalue weighted by Gasteiger charge is 2.27. The zero-order chi connectivity index (χ0) is 19.7. The highest BCUT2D eigenvalue weighted by Crippen LogP contribution is 2.41. The molecule has 3 heterocycles. The van der Waals surface area contributed by atoms with Crippen LogP contribution in [0.1, 0.15) is 12.5 Å². The molecule has 0 unspecified atom stereocenters. The van der Waals surface area contributed by atoms with Gasteiger partial charge in [0.05, 0.1) is 22.6 Å². The molecule has 148 valence electrons. The first-order chi connectivity index (χ1) is 13.5. The van der Waals surface area contributed by atoms with Crippen molar-refractivity contribution in [3.63, 3.8) is 0 Å². The lowest BCUT2D eigenvalue weighted by molar-refractivity contribution is -0.141. The lowest BCUT2D eigenvalue weighted by Gasteiger charge is -2.36. The molecule has 0 aliphatic carbocycles. The van der Waals surface area contributed by atoms with Crippen LogP contribution in [0.25, 0.3) is 0 Å². The van der Waals surface area contributed by atoms with Gasteiger partial charge in [-0.3, -0.25) is 9.69 Å². The SMILES string of the molecule is CC(=O)OCCN1CCN(C2=Nc3cc(Cl)ccc3N(C)c3cscc32)CC1. The van der Waals surface area contributed by atoms with E-state index in [1.165, 1.54) is 12.6 Å². The Hall–Kier alpha value is -2.09. The molecule has 1 fully saturated rings. The number of thiophene rings is 1. The Morgan fingerprint density at radius 1 is 1.21 bits per heavy atom. The average Bonchev–Trinajstić information content (AvgIpc) is 3.12. The van der Waals surface area contributed by atoms with Crippen LogP contribution in [0.15, 0.2) is 34.0 Å². The van der Waals surface area contributed by atoms with Gasteiger partial charge >= 0.3 is 5.97 Å². The highest BCUT2D eigenvalue weighted by molar-refractivity contribution is 7.08. The van der Waals surface area contributed by atoms with Gasteiger partial charge in [-0.2, -0.15) is 0 Å². The summed E-state index contributed by atoms with van der Waals surface area (Å²) < 4.78 is 5.07. The summed E-state index contributed by atoms with van der Waals surface area (Å²) in [5, 5.41) is 5.03. The Bertz CT molecular complexity index is 905. The molecule has 0 bridgehead atoms. The molecule has 28 heavy (non-hydrogen) atoms. The number of ether oxygens (including phenoxy) is 1. The Labute approximate surface area is 174 Å². The van der Waals surface area contributed by atoms with Crippen molar-refractivity contribution in [2.75, 3.05) is 51.3 Å². The van der Waals surface area contributed by atoms with Gasteiger partial charge in [0, 0.05) is 62.5 Å². The fourth-order valence-electron chi connectivity index (χ4n) is 3.63. The van der Waals surface area contributed by atoms with Crippen LogP contribution in [-0.4, -0.2) is 68.0 Å². The summed E-state index contributed by atoms with van der Waals surface area (Å²) in [6.07, 6.45) is 0. The number of carbonyl (C=O) groups excluding carboxylic acids is 1. The molecule has 1 aromatic carbocycles. The maximum atomic E-state index is 10.9. The predicted molar refractivity (Wildman–Crippen MR) is 115 cm³/mol. The van der Waals surface area contributed by atoms with Crippen LogP contribution in [0.2, 0.25) is 5.02 Å². The van der Waals surface area contributed by atoms with Crippen molar-refractivity contribution >= 4 is 51.8 Å². The zero-order valence-corrected chi connectivity index (χ0v) is 17.6. The third-order valence-corrected chi connectivity index (χ3v) is 6.12. The molecule has 0 radical (unpaired) electrons. The van der Waals surface area contributed by atoms with Crippen molar-refractivity contribution in [2.45, 2.75) is 6.92 Å². The van der Waals surface area contributed by atoms with E-state index in [4.69, 9.17) is 21.3 Å². The number of hydrogen-bond acceptors (Lipinski definition) is 7. The number of piperazine rings is 1. The van der Waals surface area contributed by atoms with E-state index in [1.807, 2.05) is 18.2 Å². The second kappa shape index (κ2) is 8.11. The minimum atomic E-state index is -0.224. The monoisotopic (exact) mass is 418 g/mol. The molecular formula is C20H23ClN4O2S. The number of halogens is 1. The largest absolute Gasteiger partial charge is 0.465 e. The minimum absolute atomic E-state index is 0.224. The van der Waals surface area contributed by atoms with Crippen molar-refractivity contribution in [2.24, 2.45) is 4.99 Å². The van der Waals surface area contributed by atoms with E-state index in [2.05, 4.69) is 32.5 Å². The molecule has 8 heteroatoms. The van der Waals surface area contributed by atoms with E-state index in [9.17, 15) is 4.79 Å². The van der Waals surface area contributed by atoms with Gasteiger partial charge in [0.15, 0.2) is 0 Å². The molecule has 2 aliphatic rings. The first kappa shape index (κ1) is 19.2. The Morgan fingerprint density at radius 2 is 2.00 bits per heavy atom. The Balaban J connectivity index is 1.56. The van der Waals surface area contributed by atoms with Gasteiger partial charge in [0.25, 0.3) is 0 Å². The van der Waals surface area contributed by atoms with Crippen molar-refractivity contribution in [1.82, 2.24) is 9.80 Å². The fraction of sp³-hybridized carbons (Fsp3) is 0.400. The summed E-state index contributed by atoms with van der Waals surface area (Å²) in [7, 11) is 2.07. The van der Waals surface area contributed by atoms with Crippen LogP contribution in [0.3, 0.4) is 0 Å². The van der Waals surface area contributed by atoms with E-state index in [-0.39, 0.29) is 5.97 Å². The number of carbonyl (C=O) groups is 1. The van der Waals surface area contributed by atoms with Crippen LogP contribution in [0.4, 0.5) is 17.1 Å². The number of esters is 1. The molecule has 0 spiro atoms. The van der Waals surface area contributed by atoms with Gasteiger partial charge in [0.2, 0.25) is 0 Å². The topological polar surface area (TPSA) is 48.4 Å². The number of anilines is 2. The van der Waals surface area contributed by atoms with Crippen molar-refractivity contribution in [1.29, 1.82) is 0 Å². The van der Waals surface area contributed by atoms with E-state index in [0.717, 1.165) is 55.5 Å². The number of aliphatic imine (C=N–C) groups is 1. The van der Waals surface area contributed by atoms with Crippen molar-refractivity contribution in [3.05, 3.63) is 39.5 Å². The van der Waals surface area contributed by atoms with Crippen molar-refractivity contribution < 1.29 is 9.53 Å². The first-order valence-corrected chi connectivity index (χ1v) is 10.6. The lowest BCUT2D eigenvalue weighted by Crippen LogP contribution is -2.49. The molecule has 1 saturated heterocycles. The van der Waals surface area contributed by atoms with Gasteiger partial charge in [-0.05, 0) is 18.2 Å². The van der Waals surface area contributed by atoms with Gasteiger partial charge < -0.3 is 14.5 Å². The minimum Gasteiger partial charge on any atom is -0.465 e. The molecular weight excluding hydrogens is 396 g/mol. The smallest absolute Gasteiger partial charge is 0.302 e. The maximum absolute atomic E-state index is 10.9. The summed E-state index contributed by atoms with van der Waals surface area (Å²) in [5.41, 5.74) is 4.28. The van der Waals surface area contributed by atoms with E-state index >= 15 is 0 Å². The number of hydrogen-bond donors (Lipinski definition) is 0. The third kappa shape index (κ3) is 3.87. The fourth-order valence-corrected chi connectivity index (χ4v) is 4.64. The second-order valence-corrected chi connectivity index (χ2v) is 8.15. The summed E-state index contributed by atoms with van der Waals surface area (Å²) in [5.74, 6) is 0.779. The Morgan fingerprint density at radius 3 is 2.75 bits per heavy atom. The quantitative estimate of drug-likeness (QED) is 0.710. The zero-order valence-electron chi connectivity index (χ0n) is 16.0. The van der Waals surface area contributed by atoms with Crippen LogP contribution >= 0.6 is 22.9 Å². The molecule has 4 rings (SSSR count). The van der Waals surface area contributed by atoms with Crippen LogP contribution in [0.5, 0.6) is 0 Å².